The van der Waals surface area contributed by atoms with Crippen LogP contribution in [0.1, 0.15) is 0 Å². The fourth-order valence-corrected chi connectivity index (χ4v) is 2.44. The van der Waals surface area contributed by atoms with Gasteiger partial charge in [-0.15, -0.1) is 0 Å². The van der Waals surface area contributed by atoms with Crippen molar-refractivity contribution in [2.75, 3.05) is 6.79 Å². The molecule has 0 saturated heterocycles. The Hall–Kier alpha value is -2.40. The highest BCUT2D eigenvalue weighted by Gasteiger charge is 2.17. The molecule has 4 rings (SSSR count). The van der Waals surface area contributed by atoms with E-state index in [-0.39, 0.29) is 12.6 Å². The van der Waals surface area contributed by atoms with E-state index in [1.807, 2.05) is 0 Å². The van der Waals surface area contributed by atoms with Crippen LogP contribution in [0.15, 0.2) is 36.4 Å². The van der Waals surface area contributed by atoms with Gasteiger partial charge in [0.1, 0.15) is 11.0 Å². The van der Waals surface area contributed by atoms with Crippen molar-refractivity contribution >= 4 is 22.5 Å². The zero-order valence-corrected chi connectivity index (χ0v) is 11.4. The molecule has 0 fully saturated rings. The Kier molecular flexibility index (Phi) is 2.68. The molecule has 0 atom stereocenters. The Morgan fingerprint density at radius 3 is 2.48 bits per heavy atom. The third-order valence-electron chi connectivity index (χ3n) is 3.25. The third kappa shape index (κ3) is 2.06. The third-order valence-corrected chi connectivity index (χ3v) is 3.53. The summed E-state index contributed by atoms with van der Waals surface area (Å²) in [6.45, 7) is 0.182. The molecule has 2 aromatic carbocycles. The highest BCUT2D eigenvalue weighted by atomic mass is 35.5. The van der Waals surface area contributed by atoms with Crippen molar-refractivity contribution in [2.45, 2.75) is 0 Å². The number of hydrogen-bond donors (Lipinski definition) is 0. The summed E-state index contributed by atoms with van der Waals surface area (Å²) in [4.78, 5) is 8.72. The van der Waals surface area contributed by atoms with Gasteiger partial charge in [-0.2, -0.15) is 0 Å². The van der Waals surface area contributed by atoms with Crippen molar-refractivity contribution in [1.82, 2.24) is 9.97 Å². The van der Waals surface area contributed by atoms with Gasteiger partial charge in [-0.1, -0.05) is 11.6 Å². The monoisotopic (exact) mass is 302 g/mol. The van der Waals surface area contributed by atoms with Gasteiger partial charge >= 0.3 is 0 Å². The fourth-order valence-electron chi connectivity index (χ4n) is 2.21. The maximum absolute atomic E-state index is 13.0. The van der Waals surface area contributed by atoms with Crippen molar-refractivity contribution in [1.29, 1.82) is 0 Å². The molecule has 4 nitrogen and oxygen atoms in total. The molecule has 2 heterocycles. The molecule has 104 valence electrons. The molecular formula is C15H8ClFN2O2. The van der Waals surface area contributed by atoms with Crippen LogP contribution in [0, 0.1) is 5.82 Å². The smallest absolute Gasteiger partial charge is 0.231 e. The van der Waals surface area contributed by atoms with Gasteiger partial charge in [0.25, 0.3) is 0 Å². The predicted molar refractivity (Wildman–Crippen MR) is 76.1 cm³/mol. The summed E-state index contributed by atoms with van der Waals surface area (Å²) >= 11 is 6.22. The molecule has 1 aliphatic heterocycles. The maximum atomic E-state index is 13.0. The van der Waals surface area contributed by atoms with Crippen LogP contribution in [0.25, 0.3) is 22.3 Å². The number of nitrogens with zero attached hydrogens (tertiary/aromatic N) is 2. The second-order valence-corrected chi connectivity index (χ2v) is 4.93. The summed E-state index contributed by atoms with van der Waals surface area (Å²) in [6, 6.07) is 9.46. The highest BCUT2D eigenvalue weighted by molar-refractivity contribution is 6.34. The number of halogens is 2. The molecule has 3 aromatic rings. The van der Waals surface area contributed by atoms with E-state index in [9.17, 15) is 4.39 Å². The fraction of sp³-hybridized carbons (Fsp3) is 0.0667. The van der Waals surface area contributed by atoms with Gasteiger partial charge in [0.15, 0.2) is 17.3 Å². The Morgan fingerprint density at radius 1 is 1.00 bits per heavy atom. The average Bonchev–Trinajstić information content (AvgIpc) is 2.93. The van der Waals surface area contributed by atoms with E-state index in [2.05, 4.69) is 9.97 Å². The summed E-state index contributed by atoms with van der Waals surface area (Å²) < 4.78 is 23.6. The second kappa shape index (κ2) is 4.56. The largest absolute Gasteiger partial charge is 0.454 e. The van der Waals surface area contributed by atoms with Crippen LogP contribution in [0.4, 0.5) is 4.39 Å². The van der Waals surface area contributed by atoms with E-state index in [1.165, 1.54) is 12.1 Å². The molecule has 0 N–H and O–H groups in total. The van der Waals surface area contributed by atoms with Crippen LogP contribution < -0.4 is 9.47 Å². The Bertz CT molecular complexity index is 852. The number of hydrogen-bond acceptors (Lipinski definition) is 4. The molecule has 1 aromatic heterocycles. The lowest BCUT2D eigenvalue weighted by molar-refractivity contribution is 0.174. The molecular weight excluding hydrogens is 295 g/mol. The minimum atomic E-state index is -0.311. The van der Waals surface area contributed by atoms with Gasteiger partial charge < -0.3 is 9.47 Å². The average molecular weight is 303 g/mol. The number of fused-ring (bicyclic) bond motifs is 2. The van der Waals surface area contributed by atoms with Crippen LogP contribution in [-0.4, -0.2) is 16.8 Å². The van der Waals surface area contributed by atoms with E-state index in [0.717, 1.165) is 0 Å². The second-order valence-electron chi connectivity index (χ2n) is 4.57. The first kappa shape index (κ1) is 12.3. The summed E-state index contributed by atoms with van der Waals surface area (Å²) in [6.07, 6.45) is 0. The zero-order valence-electron chi connectivity index (χ0n) is 10.6. The van der Waals surface area contributed by atoms with Gasteiger partial charge in [-0.25, -0.2) is 14.4 Å². The number of rotatable bonds is 1. The van der Waals surface area contributed by atoms with Crippen LogP contribution >= 0.6 is 11.6 Å². The standard InChI is InChI=1S/C15H8ClFN2O2/c16-14-10-5-12-13(21-7-20-12)6-11(10)18-15(19-14)8-1-3-9(17)4-2-8/h1-6H,7H2. The molecule has 1 aliphatic rings. The molecule has 21 heavy (non-hydrogen) atoms. The van der Waals surface area contributed by atoms with Gasteiger partial charge in [-0.05, 0) is 30.3 Å². The first-order valence-corrected chi connectivity index (χ1v) is 6.61. The SMILES string of the molecule is Fc1ccc(-c2nc(Cl)c3cc4c(cc3n2)OCO4)cc1. The van der Waals surface area contributed by atoms with Crippen LogP contribution in [0.3, 0.4) is 0 Å². The normalized spacial score (nSPS) is 12.9. The first-order chi connectivity index (χ1) is 10.2. The van der Waals surface area contributed by atoms with Crippen molar-refractivity contribution in [3.63, 3.8) is 0 Å². The van der Waals surface area contributed by atoms with Crippen molar-refractivity contribution in [3.8, 4) is 22.9 Å². The van der Waals surface area contributed by atoms with Crippen LogP contribution in [-0.2, 0) is 0 Å². The predicted octanol–water partition coefficient (Wildman–Crippen LogP) is 3.82. The Balaban J connectivity index is 1.92. The van der Waals surface area contributed by atoms with E-state index in [1.54, 1.807) is 24.3 Å². The summed E-state index contributed by atoms with van der Waals surface area (Å²) in [5.41, 5.74) is 1.34. The molecule has 0 unspecified atom stereocenters. The van der Waals surface area contributed by atoms with E-state index in [4.69, 9.17) is 21.1 Å². The molecule has 0 radical (unpaired) electrons. The molecule has 0 amide bonds. The summed E-state index contributed by atoms with van der Waals surface area (Å²) in [5.74, 6) is 1.38. The van der Waals surface area contributed by atoms with E-state index in [0.29, 0.717) is 38.9 Å². The van der Waals surface area contributed by atoms with E-state index < -0.39 is 0 Å². The number of aromatic nitrogens is 2. The van der Waals surface area contributed by atoms with Gasteiger partial charge in [0, 0.05) is 17.0 Å². The maximum Gasteiger partial charge on any atom is 0.231 e. The lowest BCUT2D eigenvalue weighted by Gasteiger charge is -2.06. The van der Waals surface area contributed by atoms with Gasteiger partial charge in [0.2, 0.25) is 6.79 Å². The minimum absolute atomic E-state index is 0.182. The molecule has 0 aliphatic carbocycles. The van der Waals surface area contributed by atoms with Crippen molar-refractivity contribution in [2.24, 2.45) is 0 Å². The molecule has 0 bridgehead atoms. The lowest BCUT2D eigenvalue weighted by atomic mass is 10.2. The minimum Gasteiger partial charge on any atom is -0.454 e. The zero-order chi connectivity index (χ0) is 14.4. The van der Waals surface area contributed by atoms with Crippen molar-refractivity contribution in [3.05, 3.63) is 47.4 Å². The highest BCUT2D eigenvalue weighted by Crippen LogP contribution is 2.37. The summed E-state index contributed by atoms with van der Waals surface area (Å²) in [7, 11) is 0. The Labute approximate surface area is 124 Å². The van der Waals surface area contributed by atoms with E-state index >= 15 is 0 Å². The van der Waals surface area contributed by atoms with Gasteiger partial charge in [0.05, 0.1) is 5.52 Å². The quantitative estimate of drug-likeness (QED) is 0.641. The summed E-state index contributed by atoms with van der Waals surface area (Å²) in [5, 5.41) is 1.00. The van der Waals surface area contributed by atoms with Crippen LogP contribution in [0.5, 0.6) is 11.5 Å². The molecule has 6 heteroatoms. The number of benzene rings is 2. The molecule has 0 spiro atoms. The Morgan fingerprint density at radius 2 is 1.71 bits per heavy atom. The van der Waals surface area contributed by atoms with Gasteiger partial charge in [-0.3, -0.25) is 0 Å². The first-order valence-electron chi connectivity index (χ1n) is 6.23. The number of ether oxygens (including phenoxy) is 2. The lowest BCUT2D eigenvalue weighted by Crippen LogP contribution is -1.92. The topological polar surface area (TPSA) is 44.2 Å². The van der Waals surface area contributed by atoms with Crippen molar-refractivity contribution < 1.29 is 13.9 Å². The molecule has 0 saturated carbocycles. The van der Waals surface area contributed by atoms with Crippen LogP contribution in [0.2, 0.25) is 5.15 Å².